The largest absolute Gasteiger partial charge is 0.493 e. The monoisotopic (exact) mass is 282 g/mol. The molecule has 1 aromatic heterocycles. The number of likely N-dealkylation sites (tertiary alicyclic amines) is 1. The lowest BCUT2D eigenvalue weighted by atomic mass is 10.2. The van der Waals surface area contributed by atoms with Gasteiger partial charge in [-0.05, 0) is 25.6 Å². The van der Waals surface area contributed by atoms with Gasteiger partial charge < -0.3 is 9.47 Å². The van der Waals surface area contributed by atoms with E-state index < -0.39 is 0 Å². The van der Waals surface area contributed by atoms with Crippen molar-refractivity contribution in [3.8, 4) is 11.5 Å². The number of thioether (sulfide) groups is 1. The Balaban J connectivity index is 2.14. The van der Waals surface area contributed by atoms with Crippen LogP contribution in [0.4, 0.5) is 0 Å². The van der Waals surface area contributed by atoms with Gasteiger partial charge in [-0.2, -0.15) is 11.8 Å². The number of pyridine rings is 1. The Morgan fingerprint density at radius 1 is 1.42 bits per heavy atom. The molecule has 19 heavy (non-hydrogen) atoms. The maximum absolute atomic E-state index is 5.45. The molecule has 5 heteroatoms. The number of nitrogens with zero attached hydrogens (tertiary/aromatic N) is 2. The third-order valence-electron chi connectivity index (χ3n) is 3.58. The van der Waals surface area contributed by atoms with Crippen molar-refractivity contribution in [1.29, 1.82) is 0 Å². The third-order valence-corrected chi connectivity index (χ3v) is 4.30. The van der Waals surface area contributed by atoms with E-state index in [0.29, 0.717) is 6.04 Å². The highest BCUT2D eigenvalue weighted by atomic mass is 32.2. The van der Waals surface area contributed by atoms with Crippen LogP contribution in [0.15, 0.2) is 12.3 Å². The molecule has 0 radical (unpaired) electrons. The average molecular weight is 282 g/mol. The molecular weight excluding hydrogens is 260 g/mol. The van der Waals surface area contributed by atoms with Crippen LogP contribution in [0.3, 0.4) is 0 Å². The molecule has 1 aliphatic rings. The molecule has 1 aliphatic heterocycles. The molecule has 0 aliphatic carbocycles. The minimum absolute atomic E-state index is 0.660. The third kappa shape index (κ3) is 3.34. The van der Waals surface area contributed by atoms with Gasteiger partial charge in [0.15, 0.2) is 11.5 Å². The minimum atomic E-state index is 0.660. The summed E-state index contributed by atoms with van der Waals surface area (Å²) in [4.78, 5) is 6.96. The lowest BCUT2D eigenvalue weighted by molar-refractivity contribution is 0.253. The van der Waals surface area contributed by atoms with E-state index in [2.05, 4.69) is 16.1 Å². The Morgan fingerprint density at radius 2 is 2.26 bits per heavy atom. The topological polar surface area (TPSA) is 34.6 Å². The zero-order chi connectivity index (χ0) is 13.7. The van der Waals surface area contributed by atoms with Crippen LogP contribution in [0.1, 0.15) is 18.5 Å². The highest BCUT2D eigenvalue weighted by Crippen LogP contribution is 2.31. The predicted octanol–water partition coefficient (Wildman–Crippen LogP) is 2.43. The SMILES string of the molecule is COc1ccnc(CN2CCCC2CSC)c1OC. The summed E-state index contributed by atoms with van der Waals surface area (Å²) in [6, 6.07) is 2.50. The van der Waals surface area contributed by atoms with E-state index in [-0.39, 0.29) is 0 Å². The van der Waals surface area contributed by atoms with Gasteiger partial charge in [-0.15, -0.1) is 0 Å². The van der Waals surface area contributed by atoms with Crippen LogP contribution in [0, 0.1) is 0 Å². The fourth-order valence-electron chi connectivity index (χ4n) is 2.64. The summed E-state index contributed by atoms with van der Waals surface area (Å²) in [7, 11) is 3.33. The van der Waals surface area contributed by atoms with E-state index in [4.69, 9.17) is 9.47 Å². The normalized spacial score (nSPS) is 19.6. The summed E-state index contributed by atoms with van der Waals surface area (Å²) in [5.41, 5.74) is 0.967. The van der Waals surface area contributed by atoms with Crippen molar-refractivity contribution in [2.24, 2.45) is 0 Å². The summed E-state index contributed by atoms with van der Waals surface area (Å²) in [6.07, 6.45) is 6.52. The van der Waals surface area contributed by atoms with Gasteiger partial charge in [-0.3, -0.25) is 9.88 Å². The molecule has 0 saturated carbocycles. The number of rotatable bonds is 6. The zero-order valence-corrected chi connectivity index (χ0v) is 12.7. The molecule has 0 amide bonds. The van der Waals surface area contributed by atoms with Crippen molar-refractivity contribution in [3.63, 3.8) is 0 Å². The highest BCUT2D eigenvalue weighted by Gasteiger charge is 2.25. The molecular formula is C14H22N2O2S. The molecule has 0 bridgehead atoms. The summed E-state index contributed by atoms with van der Waals surface area (Å²) in [6.45, 7) is 1.98. The van der Waals surface area contributed by atoms with E-state index in [0.717, 1.165) is 30.3 Å². The fraction of sp³-hybridized carbons (Fsp3) is 0.643. The maximum atomic E-state index is 5.45. The zero-order valence-electron chi connectivity index (χ0n) is 11.9. The molecule has 1 fully saturated rings. The fourth-order valence-corrected chi connectivity index (χ4v) is 3.40. The Kier molecular flexibility index (Phi) is 5.34. The second kappa shape index (κ2) is 7.01. The molecule has 4 nitrogen and oxygen atoms in total. The van der Waals surface area contributed by atoms with Crippen LogP contribution in [0.5, 0.6) is 11.5 Å². The Bertz CT molecular complexity index is 414. The summed E-state index contributed by atoms with van der Waals surface area (Å²) < 4.78 is 10.8. The van der Waals surface area contributed by atoms with Crippen molar-refractivity contribution < 1.29 is 9.47 Å². The predicted molar refractivity (Wildman–Crippen MR) is 79.2 cm³/mol. The van der Waals surface area contributed by atoms with Gasteiger partial charge >= 0.3 is 0 Å². The van der Waals surface area contributed by atoms with Crippen molar-refractivity contribution in [2.45, 2.75) is 25.4 Å². The van der Waals surface area contributed by atoms with Crippen LogP contribution in [-0.4, -0.2) is 48.7 Å². The second-order valence-electron chi connectivity index (χ2n) is 4.72. The molecule has 0 aromatic carbocycles. The van der Waals surface area contributed by atoms with E-state index in [1.807, 2.05) is 17.8 Å². The first-order valence-electron chi connectivity index (χ1n) is 6.59. The number of aromatic nitrogens is 1. The summed E-state index contributed by atoms with van der Waals surface area (Å²) in [5, 5.41) is 0. The van der Waals surface area contributed by atoms with Gasteiger partial charge in [-0.25, -0.2) is 0 Å². The van der Waals surface area contributed by atoms with Gasteiger partial charge in [0, 0.05) is 30.6 Å². The highest BCUT2D eigenvalue weighted by molar-refractivity contribution is 7.98. The van der Waals surface area contributed by atoms with Gasteiger partial charge in [0.25, 0.3) is 0 Å². The lowest BCUT2D eigenvalue weighted by Crippen LogP contribution is -2.31. The van der Waals surface area contributed by atoms with Gasteiger partial charge in [0.05, 0.1) is 14.2 Å². The molecule has 0 N–H and O–H groups in total. The van der Waals surface area contributed by atoms with E-state index in [9.17, 15) is 0 Å². The van der Waals surface area contributed by atoms with E-state index in [1.54, 1.807) is 20.4 Å². The first kappa shape index (κ1) is 14.5. The minimum Gasteiger partial charge on any atom is -0.493 e. The molecule has 1 saturated heterocycles. The Morgan fingerprint density at radius 3 is 2.95 bits per heavy atom. The van der Waals surface area contributed by atoms with E-state index in [1.165, 1.54) is 18.6 Å². The average Bonchev–Trinajstić information content (AvgIpc) is 2.86. The number of methoxy groups -OCH3 is 2. The van der Waals surface area contributed by atoms with Crippen LogP contribution >= 0.6 is 11.8 Å². The maximum Gasteiger partial charge on any atom is 0.183 e. The first-order chi connectivity index (χ1) is 9.30. The first-order valence-corrected chi connectivity index (χ1v) is 7.98. The van der Waals surface area contributed by atoms with Crippen molar-refractivity contribution in [3.05, 3.63) is 18.0 Å². The van der Waals surface area contributed by atoms with Crippen molar-refractivity contribution >= 4 is 11.8 Å². The number of hydrogen-bond donors (Lipinski definition) is 0. The standard InChI is InChI=1S/C14H22N2O2S/c1-17-13-6-7-15-12(14(13)18-2)9-16-8-4-5-11(16)10-19-3/h6-7,11H,4-5,8-10H2,1-3H3. The Hall–Kier alpha value is -0.940. The lowest BCUT2D eigenvalue weighted by Gasteiger charge is -2.24. The van der Waals surface area contributed by atoms with Crippen LogP contribution in [0.2, 0.25) is 0 Å². The van der Waals surface area contributed by atoms with Gasteiger partial charge in [0.2, 0.25) is 0 Å². The molecule has 2 rings (SSSR count). The molecule has 1 atom stereocenters. The van der Waals surface area contributed by atoms with Gasteiger partial charge in [0.1, 0.15) is 5.69 Å². The van der Waals surface area contributed by atoms with Crippen LogP contribution < -0.4 is 9.47 Å². The quantitative estimate of drug-likeness (QED) is 0.800. The number of ether oxygens (including phenoxy) is 2. The van der Waals surface area contributed by atoms with Crippen molar-refractivity contribution in [2.75, 3.05) is 32.8 Å². The van der Waals surface area contributed by atoms with Crippen LogP contribution in [0.25, 0.3) is 0 Å². The number of hydrogen-bond acceptors (Lipinski definition) is 5. The van der Waals surface area contributed by atoms with Crippen LogP contribution in [-0.2, 0) is 6.54 Å². The Labute approximate surface area is 119 Å². The smallest absolute Gasteiger partial charge is 0.183 e. The second-order valence-corrected chi connectivity index (χ2v) is 5.63. The molecule has 1 aromatic rings. The molecule has 0 spiro atoms. The van der Waals surface area contributed by atoms with E-state index >= 15 is 0 Å². The molecule has 2 heterocycles. The molecule has 106 valence electrons. The van der Waals surface area contributed by atoms with Gasteiger partial charge in [-0.1, -0.05) is 0 Å². The van der Waals surface area contributed by atoms with Crippen molar-refractivity contribution in [1.82, 2.24) is 9.88 Å². The summed E-state index contributed by atoms with van der Waals surface area (Å²) >= 11 is 1.91. The molecule has 1 unspecified atom stereocenters. The summed E-state index contributed by atoms with van der Waals surface area (Å²) in [5.74, 6) is 2.71.